The van der Waals surface area contributed by atoms with Crippen LogP contribution in [0.3, 0.4) is 0 Å². The van der Waals surface area contributed by atoms with Gasteiger partial charge >= 0.3 is 0 Å². The van der Waals surface area contributed by atoms with E-state index < -0.39 is 11.0 Å². The number of Topliss-reactive ketones (excluding diaryl/α,β-unsaturated/α-hetero) is 1. The number of carbonyl (C=O) groups is 1. The molecule has 2 N–H and O–H groups in total. The zero-order valence-electron chi connectivity index (χ0n) is 10.7. The summed E-state index contributed by atoms with van der Waals surface area (Å²) in [7, 11) is 0. The van der Waals surface area contributed by atoms with Gasteiger partial charge in [0.15, 0.2) is 5.78 Å². The lowest BCUT2D eigenvalue weighted by Gasteiger charge is -2.36. The van der Waals surface area contributed by atoms with Gasteiger partial charge in [0, 0.05) is 23.7 Å². The highest BCUT2D eigenvalue weighted by Crippen LogP contribution is 2.32. The van der Waals surface area contributed by atoms with E-state index in [1.54, 1.807) is 17.1 Å². The van der Waals surface area contributed by atoms with Gasteiger partial charge in [0.05, 0.1) is 11.8 Å². The molecule has 0 radical (unpaired) electrons. The Balaban J connectivity index is 3.02. The highest BCUT2D eigenvalue weighted by atomic mass is 16.1. The van der Waals surface area contributed by atoms with Crippen molar-refractivity contribution in [3.05, 3.63) is 18.0 Å². The molecule has 0 unspecified atom stereocenters. The van der Waals surface area contributed by atoms with Gasteiger partial charge in [0.1, 0.15) is 0 Å². The van der Waals surface area contributed by atoms with E-state index >= 15 is 0 Å². The summed E-state index contributed by atoms with van der Waals surface area (Å²) in [6.07, 6.45) is 3.38. The first-order chi connectivity index (χ1) is 7.20. The van der Waals surface area contributed by atoms with Crippen molar-refractivity contribution in [2.75, 3.05) is 0 Å². The number of ketones is 1. The zero-order chi connectivity index (χ0) is 12.6. The fraction of sp³-hybridized carbons (Fsp3) is 0.667. The first-order valence-electron chi connectivity index (χ1n) is 5.56. The summed E-state index contributed by atoms with van der Waals surface area (Å²) in [4.78, 5) is 12.3. The molecule has 0 amide bonds. The van der Waals surface area contributed by atoms with Crippen LogP contribution in [0, 0.1) is 5.41 Å². The van der Waals surface area contributed by atoms with E-state index in [-0.39, 0.29) is 5.78 Å². The topological polar surface area (TPSA) is 60.9 Å². The van der Waals surface area contributed by atoms with Gasteiger partial charge in [0.2, 0.25) is 0 Å². The highest BCUT2D eigenvalue weighted by Gasteiger charge is 2.41. The number of nitrogens with two attached hydrogens (primary N) is 1. The van der Waals surface area contributed by atoms with Gasteiger partial charge in [0.25, 0.3) is 0 Å². The normalized spacial score (nSPS) is 12.9. The van der Waals surface area contributed by atoms with Gasteiger partial charge in [-0.05, 0) is 20.8 Å². The maximum atomic E-state index is 12.3. The number of aryl methyl sites for hydroxylation is 1. The Labute approximate surface area is 96.8 Å². The van der Waals surface area contributed by atoms with Crippen LogP contribution in [-0.4, -0.2) is 21.1 Å². The third-order valence-corrected chi connectivity index (χ3v) is 3.40. The van der Waals surface area contributed by atoms with E-state index in [2.05, 4.69) is 5.10 Å². The van der Waals surface area contributed by atoms with E-state index in [1.807, 2.05) is 34.6 Å². The molecule has 0 aliphatic rings. The zero-order valence-corrected chi connectivity index (χ0v) is 10.7. The SMILES string of the molecule is CCn1cc(C(=O)C(C)(C)C(C)(C)N)cn1. The van der Waals surface area contributed by atoms with Crippen molar-refractivity contribution in [1.82, 2.24) is 9.78 Å². The van der Waals surface area contributed by atoms with Crippen LogP contribution in [0.1, 0.15) is 45.0 Å². The first kappa shape index (κ1) is 12.9. The summed E-state index contributed by atoms with van der Waals surface area (Å²) in [5, 5.41) is 4.11. The van der Waals surface area contributed by atoms with E-state index in [0.29, 0.717) is 5.56 Å². The molecular weight excluding hydrogens is 202 g/mol. The number of aromatic nitrogens is 2. The maximum Gasteiger partial charge on any atom is 0.173 e. The molecule has 4 nitrogen and oxygen atoms in total. The molecule has 0 fully saturated rings. The predicted molar refractivity (Wildman–Crippen MR) is 64.3 cm³/mol. The second-order valence-electron chi connectivity index (χ2n) is 5.26. The van der Waals surface area contributed by atoms with Gasteiger partial charge in [-0.25, -0.2) is 0 Å². The second kappa shape index (κ2) is 4.01. The molecule has 90 valence electrons. The molecule has 1 aromatic rings. The molecule has 0 saturated carbocycles. The fourth-order valence-electron chi connectivity index (χ4n) is 1.31. The average Bonchev–Trinajstić information content (AvgIpc) is 2.62. The van der Waals surface area contributed by atoms with Gasteiger partial charge in [-0.15, -0.1) is 0 Å². The monoisotopic (exact) mass is 223 g/mol. The number of nitrogens with zero attached hydrogens (tertiary/aromatic N) is 2. The van der Waals surface area contributed by atoms with Crippen LogP contribution in [0.5, 0.6) is 0 Å². The van der Waals surface area contributed by atoms with E-state index in [9.17, 15) is 4.79 Å². The third-order valence-electron chi connectivity index (χ3n) is 3.40. The molecule has 1 heterocycles. The lowest BCUT2D eigenvalue weighted by atomic mass is 9.71. The first-order valence-corrected chi connectivity index (χ1v) is 5.56. The van der Waals surface area contributed by atoms with Crippen molar-refractivity contribution in [2.45, 2.75) is 46.7 Å². The number of hydrogen-bond donors (Lipinski definition) is 1. The quantitative estimate of drug-likeness (QED) is 0.792. The van der Waals surface area contributed by atoms with Crippen molar-refractivity contribution in [1.29, 1.82) is 0 Å². The van der Waals surface area contributed by atoms with Crippen molar-refractivity contribution in [3.8, 4) is 0 Å². The summed E-state index contributed by atoms with van der Waals surface area (Å²) < 4.78 is 1.74. The number of rotatable bonds is 4. The lowest BCUT2D eigenvalue weighted by Crippen LogP contribution is -2.51. The Morgan fingerprint density at radius 2 is 2.00 bits per heavy atom. The fourth-order valence-corrected chi connectivity index (χ4v) is 1.31. The van der Waals surface area contributed by atoms with Crippen LogP contribution in [-0.2, 0) is 6.54 Å². The summed E-state index contributed by atoms with van der Waals surface area (Å²) in [6, 6.07) is 0. The summed E-state index contributed by atoms with van der Waals surface area (Å²) in [5.41, 5.74) is 5.51. The Hall–Kier alpha value is -1.16. The molecule has 0 atom stereocenters. The molecule has 1 aromatic heterocycles. The van der Waals surface area contributed by atoms with Crippen molar-refractivity contribution < 1.29 is 4.79 Å². The highest BCUT2D eigenvalue weighted by molar-refractivity contribution is 6.00. The number of carbonyl (C=O) groups excluding carboxylic acids is 1. The lowest BCUT2D eigenvalue weighted by molar-refractivity contribution is 0.0735. The van der Waals surface area contributed by atoms with Gasteiger partial charge in [-0.1, -0.05) is 13.8 Å². The minimum atomic E-state index is -0.603. The van der Waals surface area contributed by atoms with Crippen LogP contribution in [0.15, 0.2) is 12.4 Å². The van der Waals surface area contributed by atoms with Gasteiger partial charge < -0.3 is 5.73 Å². The molecule has 0 bridgehead atoms. The van der Waals surface area contributed by atoms with Crippen molar-refractivity contribution >= 4 is 5.78 Å². The minimum absolute atomic E-state index is 0.0414. The van der Waals surface area contributed by atoms with Crippen LogP contribution >= 0.6 is 0 Å². The molecule has 1 rings (SSSR count). The standard InChI is InChI=1S/C12H21N3O/c1-6-15-8-9(7-14-15)10(16)11(2,3)12(4,5)13/h7-8H,6,13H2,1-5H3. The van der Waals surface area contributed by atoms with Crippen LogP contribution in [0.4, 0.5) is 0 Å². The molecule has 0 spiro atoms. The van der Waals surface area contributed by atoms with Crippen LogP contribution in [0.25, 0.3) is 0 Å². The van der Waals surface area contributed by atoms with Gasteiger partial charge in [-0.2, -0.15) is 5.10 Å². The van der Waals surface area contributed by atoms with Crippen molar-refractivity contribution in [2.24, 2.45) is 11.1 Å². The Bertz CT molecular complexity index is 385. The number of hydrogen-bond acceptors (Lipinski definition) is 3. The molecule has 16 heavy (non-hydrogen) atoms. The largest absolute Gasteiger partial charge is 0.325 e. The Morgan fingerprint density at radius 3 is 2.38 bits per heavy atom. The van der Waals surface area contributed by atoms with Crippen LogP contribution < -0.4 is 5.73 Å². The molecule has 0 aliphatic heterocycles. The second-order valence-corrected chi connectivity index (χ2v) is 5.26. The van der Waals surface area contributed by atoms with E-state index in [4.69, 9.17) is 5.73 Å². The summed E-state index contributed by atoms with van der Waals surface area (Å²) in [5.74, 6) is 0.0414. The Morgan fingerprint density at radius 1 is 1.44 bits per heavy atom. The van der Waals surface area contributed by atoms with Gasteiger partial charge in [-0.3, -0.25) is 9.48 Å². The van der Waals surface area contributed by atoms with E-state index in [0.717, 1.165) is 6.54 Å². The third kappa shape index (κ3) is 2.16. The predicted octanol–water partition coefficient (Wildman–Crippen LogP) is 1.85. The average molecular weight is 223 g/mol. The van der Waals surface area contributed by atoms with Crippen molar-refractivity contribution in [3.63, 3.8) is 0 Å². The molecular formula is C12H21N3O. The molecule has 0 aliphatic carbocycles. The van der Waals surface area contributed by atoms with E-state index in [1.165, 1.54) is 0 Å². The summed E-state index contributed by atoms with van der Waals surface area (Å²) >= 11 is 0. The molecule has 4 heteroatoms. The minimum Gasteiger partial charge on any atom is -0.325 e. The molecule has 0 saturated heterocycles. The Kier molecular flexibility index (Phi) is 3.24. The smallest absolute Gasteiger partial charge is 0.173 e. The van der Waals surface area contributed by atoms with Crippen LogP contribution in [0.2, 0.25) is 0 Å². The molecule has 0 aromatic carbocycles. The summed E-state index contributed by atoms with van der Waals surface area (Å²) in [6.45, 7) is 10.2. The maximum absolute atomic E-state index is 12.3.